The molecule has 0 amide bonds. The molecule has 2 nitrogen and oxygen atoms in total. The summed E-state index contributed by atoms with van der Waals surface area (Å²) >= 11 is 0. The van der Waals surface area contributed by atoms with Crippen molar-refractivity contribution in [2.75, 3.05) is 0 Å². The fraction of sp³-hybridized carbons (Fsp3) is 0.562. The normalized spacial score (nSPS) is 30.8. The summed E-state index contributed by atoms with van der Waals surface area (Å²) in [7, 11) is 0. The molecule has 0 aromatic heterocycles. The standard InChI is InChI=1S/C16H20O2/c17-16(14-7-2-1-3-8-14)18-15-10-12-5-4-6-13(9-12)11-15/h1-3,7-8,12-13,15H,4-6,9-11H2/t12-,13+,15?. The summed E-state index contributed by atoms with van der Waals surface area (Å²) < 4.78 is 5.67. The SMILES string of the molecule is O=C(OC1C[C@H]2CCC[C@@H](C1)C2)c1ccccc1. The summed E-state index contributed by atoms with van der Waals surface area (Å²) in [6.07, 6.45) is 7.70. The second-order valence-electron chi connectivity index (χ2n) is 5.76. The third-order valence-corrected chi connectivity index (χ3v) is 4.37. The van der Waals surface area contributed by atoms with Crippen molar-refractivity contribution in [3.8, 4) is 0 Å². The van der Waals surface area contributed by atoms with E-state index >= 15 is 0 Å². The van der Waals surface area contributed by atoms with Crippen LogP contribution in [0.1, 0.15) is 48.9 Å². The molecule has 0 saturated heterocycles. The van der Waals surface area contributed by atoms with Crippen LogP contribution in [0.5, 0.6) is 0 Å². The number of fused-ring (bicyclic) bond motifs is 2. The average molecular weight is 244 g/mol. The van der Waals surface area contributed by atoms with Gasteiger partial charge in [0.15, 0.2) is 0 Å². The number of ether oxygens (including phenoxy) is 1. The van der Waals surface area contributed by atoms with Crippen molar-refractivity contribution in [3.63, 3.8) is 0 Å². The van der Waals surface area contributed by atoms with E-state index in [0.717, 1.165) is 24.7 Å². The summed E-state index contributed by atoms with van der Waals surface area (Å²) in [5.41, 5.74) is 0.674. The number of rotatable bonds is 2. The molecule has 2 saturated carbocycles. The number of esters is 1. The van der Waals surface area contributed by atoms with Gasteiger partial charge in [-0.25, -0.2) is 4.79 Å². The Morgan fingerprint density at radius 3 is 2.33 bits per heavy atom. The number of carbonyl (C=O) groups is 1. The van der Waals surface area contributed by atoms with Gasteiger partial charge in [0.1, 0.15) is 6.10 Å². The molecule has 0 N–H and O–H groups in total. The summed E-state index contributed by atoms with van der Waals surface area (Å²) in [6, 6.07) is 9.33. The fourth-order valence-electron chi connectivity index (χ4n) is 3.56. The third kappa shape index (κ3) is 2.58. The van der Waals surface area contributed by atoms with Crippen LogP contribution in [0.25, 0.3) is 0 Å². The van der Waals surface area contributed by atoms with E-state index in [4.69, 9.17) is 4.74 Å². The highest BCUT2D eigenvalue weighted by Crippen LogP contribution is 2.40. The van der Waals surface area contributed by atoms with E-state index in [-0.39, 0.29) is 12.1 Å². The van der Waals surface area contributed by atoms with Gasteiger partial charge in [-0.05, 0) is 43.2 Å². The Morgan fingerprint density at radius 1 is 1.00 bits per heavy atom. The molecule has 0 aliphatic heterocycles. The average Bonchev–Trinajstić information content (AvgIpc) is 2.39. The van der Waals surface area contributed by atoms with Gasteiger partial charge in [0, 0.05) is 0 Å². The maximum Gasteiger partial charge on any atom is 0.338 e. The minimum atomic E-state index is -0.152. The molecule has 2 aliphatic rings. The van der Waals surface area contributed by atoms with E-state index in [1.807, 2.05) is 30.3 Å². The Labute approximate surface area is 108 Å². The van der Waals surface area contributed by atoms with Gasteiger partial charge in [0.05, 0.1) is 5.56 Å². The maximum atomic E-state index is 12.0. The first-order valence-corrected chi connectivity index (χ1v) is 7.07. The van der Waals surface area contributed by atoms with Crippen molar-refractivity contribution in [3.05, 3.63) is 35.9 Å². The van der Waals surface area contributed by atoms with Crippen molar-refractivity contribution in [1.82, 2.24) is 0 Å². The van der Waals surface area contributed by atoms with Crippen LogP contribution in [0.2, 0.25) is 0 Å². The minimum Gasteiger partial charge on any atom is -0.459 e. The predicted molar refractivity (Wildman–Crippen MR) is 70.3 cm³/mol. The van der Waals surface area contributed by atoms with Crippen LogP contribution in [-0.2, 0) is 4.74 Å². The second kappa shape index (κ2) is 5.13. The Morgan fingerprint density at radius 2 is 1.67 bits per heavy atom. The van der Waals surface area contributed by atoms with Crippen molar-refractivity contribution < 1.29 is 9.53 Å². The number of hydrogen-bond donors (Lipinski definition) is 0. The Kier molecular flexibility index (Phi) is 3.35. The molecule has 2 heteroatoms. The topological polar surface area (TPSA) is 26.3 Å². The fourth-order valence-corrected chi connectivity index (χ4v) is 3.56. The minimum absolute atomic E-state index is 0.152. The van der Waals surface area contributed by atoms with Gasteiger partial charge in [0.2, 0.25) is 0 Å². The van der Waals surface area contributed by atoms with E-state index in [1.54, 1.807) is 0 Å². The third-order valence-electron chi connectivity index (χ3n) is 4.37. The predicted octanol–water partition coefficient (Wildman–Crippen LogP) is 3.81. The van der Waals surface area contributed by atoms with E-state index in [9.17, 15) is 4.79 Å². The first-order valence-electron chi connectivity index (χ1n) is 7.07. The monoisotopic (exact) mass is 244 g/mol. The molecule has 2 bridgehead atoms. The van der Waals surface area contributed by atoms with Crippen molar-refractivity contribution >= 4 is 5.97 Å². The lowest BCUT2D eigenvalue weighted by Gasteiger charge is -2.38. The van der Waals surface area contributed by atoms with Crippen LogP contribution in [0.3, 0.4) is 0 Å². The maximum absolute atomic E-state index is 12.0. The van der Waals surface area contributed by atoms with Crippen LogP contribution in [0, 0.1) is 11.8 Å². The summed E-state index contributed by atoms with van der Waals surface area (Å²) in [5.74, 6) is 1.44. The van der Waals surface area contributed by atoms with Gasteiger partial charge >= 0.3 is 5.97 Å². The Bertz CT molecular complexity index is 400. The zero-order valence-electron chi connectivity index (χ0n) is 10.7. The Hall–Kier alpha value is -1.31. The van der Waals surface area contributed by atoms with Gasteiger partial charge < -0.3 is 4.74 Å². The highest BCUT2D eigenvalue weighted by Gasteiger charge is 2.33. The number of carbonyl (C=O) groups excluding carboxylic acids is 1. The van der Waals surface area contributed by atoms with Crippen LogP contribution >= 0.6 is 0 Å². The van der Waals surface area contributed by atoms with Crippen LogP contribution in [0.15, 0.2) is 30.3 Å². The largest absolute Gasteiger partial charge is 0.459 e. The highest BCUT2D eigenvalue weighted by molar-refractivity contribution is 5.89. The zero-order valence-corrected chi connectivity index (χ0v) is 10.7. The molecular formula is C16H20O2. The lowest BCUT2D eigenvalue weighted by molar-refractivity contribution is -0.00375. The molecule has 1 aromatic carbocycles. The molecular weight excluding hydrogens is 224 g/mol. The van der Waals surface area contributed by atoms with Crippen LogP contribution in [-0.4, -0.2) is 12.1 Å². The van der Waals surface area contributed by atoms with Crippen LogP contribution in [0.4, 0.5) is 0 Å². The first-order chi connectivity index (χ1) is 8.81. The van der Waals surface area contributed by atoms with Crippen LogP contribution < -0.4 is 0 Å². The lowest BCUT2D eigenvalue weighted by atomic mass is 9.71. The number of benzene rings is 1. The molecule has 2 aliphatic carbocycles. The number of hydrogen-bond acceptors (Lipinski definition) is 2. The Balaban J connectivity index is 1.61. The second-order valence-corrected chi connectivity index (χ2v) is 5.76. The van der Waals surface area contributed by atoms with Crippen molar-refractivity contribution in [2.24, 2.45) is 11.8 Å². The summed E-state index contributed by atoms with van der Waals surface area (Å²) in [6.45, 7) is 0. The molecule has 18 heavy (non-hydrogen) atoms. The van der Waals surface area contributed by atoms with Gasteiger partial charge in [-0.3, -0.25) is 0 Å². The summed E-state index contributed by atoms with van der Waals surface area (Å²) in [4.78, 5) is 12.0. The van der Waals surface area contributed by atoms with Crippen molar-refractivity contribution in [1.29, 1.82) is 0 Å². The van der Waals surface area contributed by atoms with E-state index in [1.165, 1.54) is 25.7 Å². The lowest BCUT2D eigenvalue weighted by Crippen LogP contribution is -2.33. The quantitative estimate of drug-likeness (QED) is 0.739. The molecule has 3 atom stereocenters. The van der Waals surface area contributed by atoms with E-state index < -0.39 is 0 Å². The molecule has 3 rings (SSSR count). The van der Waals surface area contributed by atoms with Crippen molar-refractivity contribution in [2.45, 2.75) is 44.6 Å². The van der Waals surface area contributed by atoms with Gasteiger partial charge in [-0.1, -0.05) is 37.5 Å². The highest BCUT2D eigenvalue weighted by atomic mass is 16.5. The zero-order chi connectivity index (χ0) is 12.4. The first kappa shape index (κ1) is 11.8. The molecule has 2 fully saturated rings. The van der Waals surface area contributed by atoms with E-state index in [0.29, 0.717) is 5.56 Å². The molecule has 0 heterocycles. The smallest absolute Gasteiger partial charge is 0.338 e. The molecule has 1 aromatic rings. The molecule has 0 spiro atoms. The van der Waals surface area contributed by atoms with Gasteiger partial charge in [-0.15, -0.1) is 0 Å². The molecule has 0 radical (unpaired) electrons. The van der Waals surface area contributed by atoms with E-state index in [2.05, 4.69) is 0 Å². The summed E-state index contributed by atoms with van der Waals surface area (Å²) in [5, 5.41) is 0. The van der Waals surface area contributed by atoms with Gasteiger partial charge in [-0.2, -0.15) is 0 Å². The van der Waals surface area contributed by atoms with Gasteiger partial charge in [0.25, 0.3) is 0 Å². The molecule has 96 valence electrons. The molecule has 1 unspecified atom stereocenters.